The number of amides is 1. The van der Waals surface area contributed by atoms with E-state index < -0.39 is 0 Å². The van der Waals surface area contributed by atoms with Gasteiger partial charge in [0, 0.05) is 13.0 Å². The van der Waals surface area contributed by atoms with Crippen LogP contribution in [-0.2, 0) is 4.79 Å². The number of likely N-dealkylation sites (tertiary alicyclic amines) is 1. The molecule has 1 fully saturated rings. The first-order valence-electron chi connectivity index (χ1n) is 9.40. The van der Waals surface area contributed by atoms with Gasteiger partial charge >= 0.3 is 0 Å². The first-order valence-corrected chi connectivity index (χ1v) is 9.40. The minimum atomic E-state index is -0.355. The summed E-state index contributed by atoms with van der Waals surface area (Å²) in [5.74, 6) is 1.11. The van der Waals surface area contributed by atoms with Crippen molar-refractivity contribution in [3.8, 4) is 11.5 Å². The number of anilines is 1. The number of carbonyl (C=O) groups is 1. The number of hydrogen-bond acceptors (Lipinski definition) is 4. The summed E-state index contributed by atoms with van der Waals surface area (Å²) in [6, 6.07) is 12.3. The van der Waals surface area contributed by atoms with Crippen molar-refractivity contribution >= 4 is 11.6 Å². The third-order valence-electron chi connectivity index (χ3n) is 5.03. The van der Waals surface area contributed by atoms with Crippen LogP contribution in [0.15, 0.2) is 42.5 Å². The second-order valence-electron chi connectivity index (χ2n) is 6.84. The molecule has 4 rings (SSSR count). The van der Waals surface area contributed by atoms with Crippen molar-refractivity contribution in [2.24, 2.45) is 0 Å². The summed E-state index contributed by atoms with van der Waals surface area (Å²) in [5, 5.41) is 2.91. The van der Waals surface area contributed by atoms with E-state index in [0.29, 0.717) is 25.4 Å². The fourth-order valence-corrected chi connectivity index (χ4v) is 3.68. The van der Waals surface area contributed by atoms with Gasteiger partial charge in [-0.1, -0.05) is 18.2 Å². The number of halogens is 1. The van der Waals surface area contributed by atoms with E-state index in [9.17, 15) is 9.18 Å². The van der Waals surface area contributed by atoms with Crippen molar-refractivity contribution in [1.82, 2.24) is 4.90 Å². The Labute approximate surface area is 158 Å². The Morgan fingerprint density at radius 1 is 1.11 bits per heavy atom. The molecule has 1 saturated heterocycles. The monoisotopic (exact) mass is 370 g/mol. The predicted octanol–water partition coefficient (Wildman–Crippen LogP) is 3.76. The summed E-state index contributed by atoms with van der Waals surface area (Å²) >= 11 is 0. The Morgan fingerprint density at radius 3 is 2.78 bits per heavy atom. The van der Waals surface area contributed by atoms with Gasteiger partial charge in [-0.15, -0.1) is 0 Å². The highest BCUT2D eigenvalue weighted by Gasteiger charge is 2.30. The van der Waals surface area contributed by atoms with Gasteiger partial charge in [0.15, 0.2) is 11.5 Å². The molecule has 27 heavy (non-hydrogen) atoms. The largest absolute Gasteiger partial charge is 0.490 e. The molecule has 0 aromatic heterocycles. The molecule has 1 N–H and O–H groups in total. The van der Waals surface area contributed by atoms with Crippen molar-refractivity contribution in [3.05, 3.63) is 53.8 Å². The van der Waals surface area contributed by atoms with Crippen molar-refractivity contribution in [1.29, 1.82) is 0 Å². The number of ether oxygens (including phenoxy) is 2. The average molecular weight is 370 g/mol. The molecule has 2 aliphatic heterocycles. The van der Waals surface area contributed by atoms with Crippen LogP contribution in [0.3, 0.4) is 0 Å². The number of nitrogens with zero attached hydrogens (tertiary/aromatic N) is 1. The first kappa shape index (κ1) is 17.6. The quantitative estimate of drug-likeness (QED) is 0.890. The van der Waals surface area contributed by atoms with E-state index in [1.165, 1.54) is 6.07 Å². The van der Waals surface area contributed by atoms with Gasteiger partial charge in [0.25, 0.3) is 0 Å². The van der Waals surface area contributed by atoms with E-state index in [4.69, 9.17) is 9.47 Å². The molecule has 2 aliphatic rings. The lowest BCUT2D eigenvalue weighted by molar-refractivity contribution is -0.130. The Morgan fingerprint density at radius 2 is 1.93 bits per heavy atom. The van der Waals surface area contributed by atoms with Crippen LogP contribution in [0, 0.1) is 5.82 Å². The highest BCUT2D eigenvalue weighted by Crippen LogP contribution is 2.37. The lowest BCUT2D eigenvalue weighted by Crippen LogP contribution is -2.35. The third kappa shape index (κ3) is 3.84. The summed E-state index contributed by atoms with van der Waals surface area (Å²) in [5.41, 5.74) is 1.40. The molecule has 0 unspecified atom stereocenters. The zero-order valence-corrected chi connectivity index (χ0v) is 15.1. The zero-order valence-electron chi connectivity index (χ0n) is 15.1. The summed E-state index contributed by atoms with van der Waals surface area (Å²) in [6.07, 6.45) is 2.72. The van der Waals surface area contributed by atoms with Gasteiger partial charge in [0.2, 0.25) is 5.91 Å². The van der Waals surface area contributed by atoms with Crippen molar-refractivity contribution in [2.75, 3.05) is 31.6 Å². The maximum atomic E-state index is 13.7. The van der Waals surface area contributed by atoms with Crippen LogP contribution in [-0.4, -0.2) is 37.1 Å². The van der Waals surface area contributed by atoms with Crippen molar-refractivity contribution in [2.45, 2.75) is 25.3 Å². The van der Waals surface area contributed by atoms with E-state index in [0.717, 1.165) is 36.3 Å². The molecule has 0 aliphatic carbocycles. The second-order valence-corrected chi connectivity index (χ2v) is 6.84. The van der Waals surface area contributed by atoms with E-state index in [1.807, 2.05) is 23.1 Å². The minimum absolute atomic E-state index is 0.0112. The van der Waals surface area contributed by atoms with Crippen LogP contribution in [0.2, 0.25) is 0 Å². The summed E-state index contributed by atoms with van der Waals surface area (Å²) in [4.78, 5) is 14.6. The number of para-hydroxylation sites is 1. The summed E-state index contributed by atoms with van der Waals surface area (Å²) < 4.78 is 25.2. The highest BCUT2D eigenvalue weighted by molar-refractivity contribution is 5.81. The van der Waals surface area contributed by atoms with Gasteiger partial charge in [0.05, 0.1) is 31.5 Å². The first-order chi connectivity index (χ1) is 13.2. The van der Waals surface area contributed by atoms with Crippen molar-refractivity contribution in [3.63, 3.8) is 0 Å². The molecular formula is C21H23FN2O3. The molecule has 2 aromatic rings. The van der Waals surface area contributed by atoms with Crippen LogP contribution >= 0.6 is 0 Å². The van der Waals surface area contributed by atoms with Gasteiger partial charge in [0.1, 0.15) is 5.82 Å². The zero-order chi connectivity index (χ0) is 18.6. The SMILES string of the molecule is O=C(CNc1ccccc1F)N1CCC[C@@H]1c1ccc2c(c1)OCCCO2. The number of benzene rings is 2. The van der Waals surface area contributed by atoms with Crippen LogP contribution in [0.5, 0.6) is 11.5 Å². The molecule has 2 heterocycles. The fourth-order valence-electron chi connectivity index (χ4n) is 3.68. The van der Waals surface area contributed by atoms with Crippen molar-refractivity contribution < 1.29 is 18.7 Å². The number of hydrogen-bond donors (Lipinski definition) is 1. The summed E-state index contributed by atoms with van der Waals surface area (Å²) in [7, 11) is 0. The minimum Gasteiger partial charge on any atom is -0.490 e. The number of carbonyl (C=O) groups excluding carboxylic acids is 1. The Bertz CT molecular complexity index is 827. The topological polar surface area (TPSA) is 50.8 Å². The molecule has 0 bridgehead atoms. The number of rotatable bonds is 4. The predicted molar refractivity (Wildman–Crippen MR) is 101 cm³/mol. The van der Waals surface area contributed by atoms with Crippen LogP contribution in [0.25, 0.3) is 0 Å². The standard InChI is InChI=1S/C21H23FN2O3/c22-16-5-1-2-6-17(16)23-14-21(25)24-10-3-7-18(24)15-8-9-19-20(13-15)27-12-4-11-26-19/h1-2,5-6,8-9,13,18,23H,3-4,7,10-12,14H2/t18-/m1/s1. The highest BCUT2D eigenvalue weighted by atomic mass is 19.1. The van der Waals surface area contributed by atoms with Crippen LogP contribution in [0.1, 0.15) is 30.9 Å². The molecular weight excluding hydrogens is 347 g/mol. The molecule has 6 heteroatoms. The molecule has 0 spiro atoms. The Hall–Kier alpha value is -2.76. The second kappa shape index (κ2) is 7.86. The maximum Gasteiger partial charge on any atom is 0.242 e. The molecule has 2 aromatic carbocycles. The van der Waals surface area contributed by atoms with Gasteiger partial charge in [-0.25, -0.2) is 4.39 Å². The Balaban J connectivity index is 1.46. The molecule has 0 radical (unpaired) electrons. The molecule has 0 saturated carbocycles. The molecule has 1 amide bonds. The van der Waals surface area contributed by atoms with E-state index in [1.54, 1.807) is 18.2 Å². The van der Waals surface area contributed by atoms with Gasteiger partial charge in [-0.3, -0.25) is 4.79 Å². The van der Waals surface area contributed by atoms with E-state index in [2.05, 4.69) is 5.32 Å². The third-order valence-corrected chi connectivity index (χ3v) is 5.03. The van der Waals surface area contributed by atoms with E-state index in [-0.39, 0.29) is 24.3 Å². The maximum absolute atomic E-state index is 13.7. The molecule has 1 atom stereocenters. The normalized spacial score (nSPS) is 18.9. The number of nitrogens with one attached hydrogen (secondary N) is 1. The smallest absolute Gasteiger partial charge is 0.242 e. The summed E-state index contributed by atoms with van der Waals surface area (Å²) in [6.45, 7) is 2.07. The molecule has 5 nitrogen and oxygen atoms in total. The average Bonchev–Trinajstić information content (AvgIpc) is 3.06. The molecule has 142 valence electrons. The van der Waals surface area contributed by atoms with Gasteiger partial charge in [-0.2, -0.15) is 0 Å². The van der Waals surface area contributed by atoms with Crippen LogP contribution < -0.4 is 14.8 Å². The lowest BCUT2D eigenvalue weighted by atomic mass is 10.0. The lowest BCUT2D eigenvalue weighted by Gasteiger charge is -2.26. The Kier molecular flexibility index (Phi) is 5.14. The van der Waals surface area contributed by atoms with Gasteiger partial charge < -0.3 is 19.7 Å². The number of fused-ring (bicyclic) bond motifs is 1. The van der Waals surface area contributed by atoms with Crippen LogP contribution in [0.4, 0.5) is 10.1 Å². The fraction of sp³-hybridized carbons (Fsp3) is 0.381. The van der Waals surface area contributed by atoms with E-state index >= 15 is 0 Å². The van der Waals surface area contributed by atoms with Gasteiger partial charge in [-0.05, 0) is 42.7 Å².